The van der Waals surface area contributed by atoms with Gasteiger partial charge in [0.25, 0.3) is 10.2 Å². The first-order chi connectivity index (χ1) is 6.34. The highest BCUT2D eigenvalue weighted by molar-refractivity contribution is 7.86. The molecule has 1 rings (SSSR count). The van der Waals surface area contributed by atoms with Crippen LogP contribution in [0.5, 0.6) is 0 Å². The summed E-state index contributed by atoms with van der Waals surface area (Å²) in [7, 11) is -0.196. The van der Waals surface area contributed by atoms with Crippen LogP contribution in [0, 0.1) is 0 Å². The molecule has 1 aliphatic heterocycles. The Labute approximate surface area is 85.8 Å². The molecular formula is C8H18N2O3S. The van der Waals surface area contributed by atoms with Crippen molar-refractivity contribution in [3.63, 3.8) is 0 Å². The average Bonchev–Trinajstić information content (AvgIpc) is 2.01. The van der Waals surface area contributed by atoms with Crippen molar-refractivity contribution in [2.75, 3.05) is 27.2 Å². The van der Waals surface area contributed by atoms with Gasteiger partial charge in [-0.2, -0.15) is 17.0 Å². The minimum absolute atomic E-state index is 0.0338. The molecule has 1 heterocycles. The molecule has 1 saturated heterocycles. The first-order valence-electron chi connectivity index (χ1n) is 4.67. The van der Waals surface area contributed by atoms with Crippen LogP contribution in [0.15, 0.2) is 0 Å². The molecule has 14 heavy (non-hydrogen) atoms. The van der Waals surface area contributed by atoms with Crippen LogP contribution >= 0.6 is 0 Å². The molecule has 0 N–H and O–H groups in total. The number of nitrogens with zero attached hydrogens (tertiary/aromatic N) is 2. The minimum Gasteiger partial charge on any atom is -0.373 e. The molecule has 0 aromatic rings. The topological polar surface area (TPSA) is 49.9 Å². The molecule has 84 valence electrons. The largest absolute Gasteiger partial charge is 0.373 e. The smallest absolute Gasteiger partial charge is 0.281 e. The van der Waals surface area contributed by atoms with E-state index in [1.165, 1.54) is 8.61 Å². The summed E-state index contributed by atoms with van der Waals surface area (Å²) in [6, 6.07) is 0. The predicted molar refractivity (Wildman–Crippen MR) is 54.2 cm³/mol. The van der Waals surface area contributed by atoms with E-state index in [-0.39, 0.29) is 12.2 Å². The van der Waals surface area contributed by atoms with Crippen LogP contribution in [0.4, 0.5) is 0 Å². The van der Waals surface area contributed by atoms with Gasteiger partial charge in [-0.25, -0.2) is 0 Å². The third kappa shape index (κ3) is 2.44. The summed E-state index contributed by atoms with van der Waals surface area (Å²) >= 11 is 0. The van der Waals surface area contributed by atoms with Crippen molar-refractivity contribution in [3.05, 3.63) is 0 Å². The first kappa shape index (κ1) is 11.9. The number of morpholine rings is 1. The third-order valence-electron chi connectivity index (χ3n) is 2.17. The monoisotopic (exact) mass is 222 g/mol. The van der Waals surface area contributed by atoms with Crippen LogP contribution in [0.2, 0.25) is 0 Å². The van der Waals surface area contributed by atoms with Gasteiger partial charge in [-0.3, -0.25) is 0 Å². The van der Waals surface area contributed by atoms with Gasteiger partial charge in [0.05, 0.1) is 12.2 Å². The van der Waals surface area contributed by atoms with E-state index in [9.17, 15) is 8.42 Å². The molecule has 6 heteroatoms. The summed E-state index contributed by atoms with van der Waals surface area (Å²) in [6.07, 6.45) is -0.0676. The average molecular weight is 222 g/mol. The molecule has 0 saturated carbocycles. The Hall–Kier alpha value is -0.170. The Balaban J connectivity index is 2.78. The molecule has 1 fully saturated rings. The van der Waals surface area contributed by atoms with Gasteiger partial charge in [-0.1, -0.05) is 0 Å². The maximum atomic E-state index is 11.8. The van der Waals surface area contributed by atoms with E-state index in [1.807, 2.05) is 13.8 Å². The fraction of sp³-hybridized carbons (Fsp3) is 1.00. The van der Waals surface area contributed by atoms with Crippen LogP contribution in [0.1, 0.15) is 13.8 Å². The molecule has 0 aliphatic carbocycles. The molecule has 0 bridgehead atoms. The predicted octanol–water partition coefficient (Wildman–Crippen LogP) is -0.0980. The number of ether oxygens (including phenoxy) is 1. The van der Waals surface area contributed by atoms with Gasteiger partial charge in [-0.05, 0) is 13.8 Å². The van der Waals surface area contributed by atoms with Gasteiger partial charge in [-0.15, -0.1) is 0 Å². The third-order valence-corrected chi connectivity index (χ3v) is 4.05. The van der Waals surface area contributed by atoms with Crippen molar-refractivity contribution in [2.45, 2.75) is 26.1 Å². The van der Waals surface area contributed by atoms with Crippen LogP contribution in [-0.4, -0.2) is 56.4 Å². The molecule has 5 nitrogen and oxygen atoms in total. The van der Waals surface area contributed by atoms with Crippen LogP contribution < -0.4 is 0 Å². The van der Waals surface area contributed by atoms with Gasteiger partial charge in [0.15, 0.2) is 0 Å². The minimum atomic E-state index is -3.28. The van der Waals surface area contributed by atoms with Crippen molar-refractivity contribution in [1.82, 2.24) is 8.61 Å². The van der Waals surface area contributed by atoms with E-state index >= 15 is 0 Å². The second-order valence-corrected chi connectivity index (χ2v) is 6.01. The lowest BCUT2D eigenvalue weighted by Gasteiger charge is -2.35. The number of hydrogen-bond donors (Lipinski definition) is 0. The number of hydrogen-bond acceptors (Lipinski definition) is 3. The Morgan fingerprint density at radius 1 is 1.21 bits per heavy atom. The van der Waals surface area contributed by atoms with Crippen molar-refractivity contribution < 1.29 is 13.2 Å². The lowest BCUT2D eigenvalue weighted by molar-refractivity contribution is -0.0451. The van der Waals surface area contributed by atoms with E-state index in [1.54, 1.807) is 14.1 Å². The van der Waals surface area contributed by atoms with E-state index in [4.69, 9.17) is 4.74 Å². The lowest BCUT2D eigenvalue weighted by Crippen LogP contribution is -2.51. The molecule has 1 aliphatic rings. The van der Waals surface area contributed by atoms with Crippen molar-refractivity contribution in [3.8, 4) is 0 Å². The lowest BCUT2D eigenvalue weighted by atomic mass is 10.3. The molecule has 0 spiro atoms. The first-order valence-corrected chi connectivity index (χ1v) is 6.06. The van der Waals surface area contributed by atoms with Gasteiger partial charge in [0, 0.05) is 27.2 Å². The van der Waals surface area contributed by atoms with E-state index in [0.717, 1.165) is 0 Å². The van der Waals surface area contributed by atoms with Crippen molar-refractivity contribution in [1.29, 1.82) is 0 Å². The zero-order valence-corrected chi connectivity index (χ0v) is 9.91. The standard InChI is InChI=1S/C8H18N2O3S/c1-7-5-10(6-8(2)13-7)14(11,12)9(3)4/h7-8H,5-6H2,1-4H3/t7-,8-/m1/s1. The summed E-state index contributed by atoms with van der Waals surface area (Å²) in [4.78, 5) is 0. The second kappa shape index (κ2) is 4.14. The highest BCUT2D eigenvalue weighted by atomic mass is 32.2. The van der Waals surface area contributed by atoms with Gasteiger partial charge in [0.1, 0.15) is 0 Å². The van der Waals surface area contributed by atoms with Crippen LogP contribution in [0.3, 0.4) is 0 Å². The highest BCUT2D eigenvalue weighted by Crippen LogP contribution is 2.15. The molecule has 0 unspecified atom stereocenters. The SMILES string of the molecule is C[C@@H]1CN(S(=O)(=O)N(C)C)C[C@@H](C)O1. The Morgan fingerprint density at radius 3 is 2.00 bits per heavy atom. The molecule has 2 atom stereocenters. The summed E-state index contributed by atoms with van der Waals surface area (Å²) in [5.41, 5.74) is 0. The maximum Gasteiger partial charge on any atom is 0.281 e. The maximum absolute atomic E-state index is 11.8. The van der Waals surface area contributed by atoms with Crippen LogP contribution in [0.25, 0.3) is 0 Å². The second-order valence-electron chi connectivity index (χ2n) is 3.86. The van der Waals surface area contributed by atoms with Crippen molar-refractivity contribution in [2.24, 2.45) is 0 Å². The van der Waals surface area contributed by atoms with Gasteiger partial charge >= 0.3 is 0 Å². The van der Waals surface area contributed by atoms with Gasteiger partial charge < -0.3 is 4.74 Å². The summed E-state index contributed by atoms with van der Waals surface area (Å²) in [6.45, 7) is 4.64. The zero-order valence-electron chi connectivity index (χ0n) is 9.10. The summed E-state index contributed by atoms with van der Waals surface area (Å²) < 4.78 is 31.7. The van der Waals surface area contributed by atoms with Crippen LogP contribution in [-0.2, 0) is 14.9 Å². The molecule has 0 aromatic carbocycles. The zero-order chi connectivity index (χ0) is 10.9. The molecule has 0 aromatic heterocycles. The fourth-order valence-electron chi connectivity index (χ4n) is 1.55. The molecule has 0 amide bonds. The Bertz CT molecular complexity index is 279. The van der Waals surface area contributed by atoms with Crippen molar-refractivity contribution >= 4 is 10.2 Å². The Morgan fingerprint density at radius 2 is 1.64 bits per heavy atom. The van der Waals surface area contributed by atoms with Gasteiger partial charge in [0.2, 0.25) is 0 Å². The number of rotatable bonds is 2. The summed E-state index contributed by atoms with van der Waals surface area (Å²) in [5.74, 6) is 0. The van der Waals surface area contributed by atoms with E-state index in [2.05, 4.69) is 0 Å². The highest BCUT2D eigenvalue weighted by Gasteiger charge is 2.32. The van der Waals surface area contributed by atoms with E-state index in [0.29, 0.717) is 13.1 Å². The fourth-order valence-corrected chi connectivity index (χ4v) is 2.81. The molecular weight excluding hydrogens is 204 g/mol. The normalized spacial score (nSPS) is 30.9. The Kier molecular flexibility index (Phi) is 3.52. The summed E-state index contributed by atoms with van der Waals surface area (Å²) in [5, 5.41) is 0. The molecule has 0 radical (unpaired) electrons. The quantitative estimate of drug-likeness (QED) is 0.655. The van der Waals surface area contributed by atoms with E-state index < -0.39 is 10.2 Å².